The second kappa shape index (κ2) is 17.8. The van der Waals surface area contributed by atoms with Crippen LogP contribution in [-0.4, -0.2) is 92.2 Å². The summed E-state index contributed by atoms with van der Waals surface area (Å²) in [7, 11) is 0.417. The molecular weight excluding hydrogens is 781 g/mol. The third-order valence-electron chi connectivity index (χ3n) is 9.30. The number of carbonyl (C=O) groups excluding carboxylic acids is 4. The first-order valence-corrected chi connectivity index (χ1v) is 20.5. The van der Waals surface area contributed by atoms with E-state index < -0.39 is 34.4 Å². The van der Waals surface area contributed by atoms with Gasteiger partial charge in [-0.05, 0) is 70.5 Å². The molecule has 6 rings (SSSR count). The Kier molecular flexibility index (Phi) is 12.6. The molecule has 0 aliphatic carbocycles. The zero-order chi connectivity index (χ0) is 42.5. The van der Waals surface area contributed by atoms with Gasteiger partial charge in [0.2, 0.25) is 23.7 Å². The maximum Gasteiger partial charge on any atom is 0.276 e. The summed E-state index contributed by atoms with van der Waals surface area (Å²) in [6.07, 6.45) is 5.72. The minimum Gasteiger partial charge on any atom is -0.494 e. The topological polar surface area (TPSA) is 251 Å². The number of imidazole rings is 2. The zero-order valence-electron chi connectivity index (χ0n) is 33.6. The van der Waals surface area contributed by atoms with E-state index in [1.807, 2.05) is 26.0 Å². The van der Waals surface area contributed by atoms with Gasteiger partial charge in [-0.2, -0.15) is 10.2 Å². The molecule has 6 aromatic rings. The number of fused-ring (bicyclic) bond motifs is 2. The van der Waals surface area contributed by atoms with Gasteiger partial charge in [-0.1, -0.05) is 12.2 Å². The fourth-order valence-electron chi connectivity index (χ4n) is 6.63. The first-order chi connectivity index (χ1) is 28.2. The van der Waals surface area contributed by atoms with E-state index in [1.54, 1.807) is 50.7 Å². The highest BCUT2D eigenvalue weighted by Crippen LogP contribution is 2.33. The quantitative estimate of drug-likeness (QED) is 0.0720. The van der Waals surface area contributed by atoms with Gasteiger partial charge in [0.1, 0.15) is 33.9 Å². The molecule has 1 atom stereocenters. The van der Waals surface area contributed by atoms with Gasteiger partial charge < -0.3 is 30.1 Å². The van der Waals surface area contributed by atoms with Crippen LogP contribution in [0.5, 0.6) is 11.5 Å². The molecule has 4 aromatic heterocycles. The van der Waals surface area contributed by atoms with E-state index >= 15 is 0 Å². The summed E-state index contributed by atoms with van der Waals surface area (Å²) in [5.74, 6) is -0.947. The zero-order valence-corrected chi connectivity index (χ0v) is 34.4. The lowest BCUT2D eigenvalue weighted by atomic mass is 10.1. The molecule has 6 N–H and O–H groups in total. The molecule has 0 aliphatic heterocycles. The molecule has 0 radical (unpaired) electrons. The number of ether oxygens (including phenoxy) is 2. The standard InChI is InChI=1S/C39H46N12O7S/c1-7-50-28(16-22(3)46-50)36(54)44-38-42-26-18-24(34(40)52)20-30(57-5)32(26)48(38)12-9-10-13-49-33-27(19-25(35(41)53)21-31(33)58-14-11-15-59(6)56)43-39(49)45-37(55)29-17-23(4)47-51(29)8-2/h9-10,16-21H,7-8,11-15H2,1-6H3,(H2,40,52)(H2,41,53)(H,42,44,54)(H,43,45,55)/b10-9+. The van der Waals surface area contributed by atoms with Crippen molar-refractivity contribution in [3.63, 3.8) is 0 Å². The first kappa shape index (κ1) is 41.8. The number of carbonyl (C=O) groups is 4. The number of primary amides is 2. The van der Waals surface area contributed by atoms with Crippen LogP contribution >= 0.6 is 0 Å². The number of nitrogens with one attached hydrogen (secondary N) is 2. The molecule has 0 aliphatic rings. The molecule has 0 spiro atoms. The summed E-state index contributed by atoms with van der Waals surface area (Å²) in [6, 6.07) is 9.42. The minimum atomic E-state index is -1.03. The summed E-state index contributed by atoms with van der Waals surface area (Å²) in [6.45, 7) is 8.74. The van der Waals surface area contributed by atoms with Crippen molar-refractivity contribution in [1.29, 1.82) is 0 Å². The van der Waals surface area contributed by atoms with Gasteiger partial charge in [-0.3, -0.25) is 43.4 Å². The summed E-state index contributed by atoms with van der Waals surface area (Å²) < 4.78 is 30.2. The lowest BCUT2D eigenvalue weighted by molar-refractivity contribution is 0.0991. The van der Waals surface area contributed by atoms with Crippen LogP contribution in [0.3, 0.4) is 0 Å². The third kappa shape index (κ3) is 9.01. The van der Waals surface area contributed by atoms with Gasteiger partial charge in [-0.25, -0.2) is 9.97 Å². The van der Waals surface area contributed by atoms with Gasteiger partial charge in [0.25, 0.3) is 11.8 Å². The second-order valence-corrected chi connectivity index (χ2v) is 15.1. The smallest absolute Gasteiger partial charge is 0.276 e. The van der Waals surface area contributed by atoms with Crippen molar-refractivity contribution >= 4 is 68.4 Å². The third-order valence-corrected chi connectivity index (χ3v) is 10.2. The van der Waals surface area contributed by atoms with Crippen molar-refractivity contribution in [3.8, 4) is 11.5 Å². The Morgan fingerprint density at radius 3 is 1.63 bits per heavy atom. The SMILES string of the molecule is CCn1nc(C)cc1C(=O)Nc1nc2cc(C(N)=O)cc(OC)c2n1C/C=C/Cn1c(NC(=O)c2cc(C)nn2CC)nc2cc(C(N)=O)cc(OCCCS(C)=O)c21. The highest BCUT2D eigenvalue weighted by Gasteiger charge is 2.23. The Balaban J connectivity index is 1.41. The Hall–Kier alpha value is -6.83. The summed E-state index contributed by atoms with van der Waals surface area (Å²) >= 11 is 0. The molecule has 2 aromatic carbocycles. The predicted octanol–water partition coefficient (Wildman–Crippen LogP) is 3.55. The number of hydrogen-bond donors (Lipinski definition) is 4. The molecule has 1 unspecified atom stereocenters. The molecule has 310 valence electrons. The van der Waals surface area contributed by atoms with Gasteiger partial charge in [-0.15, -0.1) is 0 Å². The maximum absolute atomic E-state index is 13.7. The molecule has 4 heterocycles. The average molecular weight is 827 g/mol. The monoisotopic (exact) mass is 826 g/mol. The van der Waals surface area contributed by atoms with Crippen LogP contribution in [0.25, 0.3) is 22.1 Å². The number of benzene rings is 2. The van der Waals surface area contributed by atoms with E-state index in [-0.39, 0.29) is 48.5 Å². The molecule has 19 nitrogen and oxygen atoms in total. The number of nitrogens with two attached hydrogens (primary N) is 2. The minimum absolute atomic E-state index is 0.135. The average Bonchev–Trinajstić information content (AvgIpc) is 3.96. The summed E-state index contributed by atoms with van der Waals surface area (Å²) in [5.41, 5.74) is 15.3. The number of allylic oxidation sites excluding steroid dienone is 2. The first-order valence-electron chi connectivity index (χ1n) is 18.7. The number of anilines is 2. The number of amides is 4. The van der Waals surface area contributed by atoms with E-state index in [4.69, 9.17) is 25.9 Å². The number of methoxy groups -OCH3 is 1. The summed E-state index contributed by atoms with van der Waals surface area (Å²) in [5, 5.41) is 14.6. The van der Waals surface area contributed by atoms with E-state index in [2.05, 4.69) is 25.8 Å². The van der Waals surface area contributed by atoms with E-state index in [0.29, 0.717) is 75.9 Å². The van der Waals surface area contributed by atoms with Crippen molar-refractivity contribution in [2.45, 2.75) is 60.3 Å². The van der Waals surface area contributed by atoms with Crippen LogP contribution in [0.4, 0.5) is 11.9 Å². The molecule has 0 saturated carbocycles. The Morgan fingerprint density at radius 2 is 1.20 bits per heavy atom. The van der Waals surface area contributed by atoms with E-state index in [9.17, 15) is 23.4 Å². The lowest BCUT2D eigenvalue weighted by Crippen LogP contribution is -2.20. The Morgan fingerprint density at radius 1 is 0.746 bits per heavy atom. The number of aromatic nitrogens is 8. The normalized spacial score (nSPS) is 12.0. The highest BCUT2D eigenvalue weighted by molar-refractivity contribution is 7.84. The van der Waals surface area contributed by atoms with Crippen molar-refractivity contribution in [1.82, 2.24) is 38.7 Å². The van der Waals surface area contributed by atoms with Gasteiger partial charge in [0.05, 0.1) is 36.1 Å². The van der Waals surface area contributed by atoms with Crippen molar-refractivity contribution in [2.75, 3.05) is 36.4 Å². The second-order valence-electron chi connectivity index (χ2n) is 13.5. The molecule has 0 saturated heterocycles. The molecular formula is C39H46N12O7S. The highest BCUT2D eigenvalue weighted by atomic mass is 32.2. The predicted molar refractivity (Wildman–Crippen MR) is 222 cm³/mol. The summed E-state index contributed by atoms with van der Waals surface area (Å²) in [4.78, 5) is 61.3. The van der Waals surface area contributed by atoms with Crippen molar-refractivity contribution < 1.29 is 32.9 Å². The number of rotatable bonds is 18. The Labute approximate surface area is 341 Å². The molecule has 0 fully saturated rings. The number of aryl methyl sites for hydroxylation is 4. The van der Waals surface area contributed by atoms with Crippen molar-refractivity contribution in [2.24, 2.45) is 11.5 Å². The number of hydrogen-bond acceptors (Lipinski definition) is 11. The molecule has 59 heavy (non-hydrogen) atoms. The van der Waals surface area contributed by atoms with Crippen LogP contribution < -0.4 is 31.6 Å². The molecule has 20 heteroatoms. The Bertz CT molecular complexity index is 2650. The number of nitrogens with zero attached hydrogens (tertiary/aromatic N) is 8. The van der Waals surface area contributed by atoms with E-state index in [0.717, 1.165) is 0 Å². The van der Waals surface area contributed by atoms with Gasteiger partial charge >= 0.3 is 0 Å². The van der Waals surface area contributed by atoms with Gasteiger partial charge in [0, 0.05) is 60.1 Å². The van der Waals surface area contributed by atoms with Crippen LogP contribution in [0.2, 0.25) is 0 Å². The van der Waals surface area contributed by atoms with Gasteiger partial charge in [0.15, 0.2) is 0 Å². The van der Waals surface area contributed by atoms with Crippen molar-refractivity contribution in [3.05, 3.63) is 82.5 Å². The fraction of sp³-hybridized carbons (Fsp3) is 0.333. The maximum atomic E-state index is 13.7. The van der Waals surface area contributed by atoms with Crippen LogP contribution in [-0.2, 0) is 37.0 Å². The van der Waals surface area contributed by atoms with Crippen LogP contribution in [0.1, 0.15) is 73.3 Å². The van der Waals surface area contributed by atoms with E-state index in [1.165, 1.54) is 31.4 Å². The van der Waals surface area contributed by atoms with Crippen LogP contribution in [0.15, 0.2) is 48.6 Å². The largest absolute Gasteiger partial charge is 0.494 e. The fourth-order valence-corrected chi connectivity index (χ4v) is 7.15. The molecule has 4 amide bonds. The lowest BCUT2D eigenvalue weighted by Gasteiger charge is -2.13. The molecule has 0 bridgehead atoms. The van der Waals surface area contributed by atoms with Crippen LogP contribution in [0, 0.1) is 13.8 Å².